The number of thiazole rings is 1. The first kappa shape index (κ1) is 18.4. The number of hydrogen-bond acceptors (Lipinski definition) is 4. The average Bonchev–Trinajstić information content (AvgIpc) is 3.29. The van der Waals surface area contributed by atoms with Crippen LogP contribution >= 0.6 is 18.9 Å². The van der Waals surface area contributed by atoms with Crippen LogP contribution in [0.25, 0.3) is 20.8 Å². The number of aromatic nitrogens is 1. The van der Waals surface area contributed by atoms with E-state index in [0.717, 1.165) is 26.4 Å². The van der Waals surface area contributed by atoms with Gasteiger partial charge in [-0.25, -0.2) is 4.98 Å². The van der Waals surface area contributed by atoms with Crippen LogP contribution in [-0.4, -0.2) is 27.0 Å². The van der Waals surface area contributed by atoms with Crippen LogP contribution < -0.4 is 0 Å². The Kier molecular flexibility index (Phi) is 4.89. The van der Waals surface area contributed by atoms with Gasteiger partial charge in [0, 0.05) is 18.5 Å². The fraction of sp³-hybridized carbons (Fsp3) is 0.300. The van der Waals surface area contributed by atoms with Gasteiger partial charge in [0.05, 0.1) is 15.9 Å². The van der Waals surface area contributed by atoms with Crippen molar-refractivity contribution in [1.29, 1.82) is 0 Å². The largest absolute Gasteiger partial charge is 0.329 e. The van der Waals surface area contributed by atoms with E-state index >= 15 is 0 Å². The summed E-state index contributed by atoms with van der Waals surface area (Å²) in [5, 5.41) is 0.928. The molecule has 0 saturated carbocycles. The molecule has 140 valence electrons. The highest BCUT2D eigenvalue weighted by Gasteiger charge is 2.42. The molecule has 0 radical (unpaired) electrons. The van der Waals surface area contributed by atoms with E-state index in [4.69, 9.17) is 0 Å². The van der Waals surface area contributed by atoms with Crippen LogP contribution in [0, 0.1) is 0 Å². The maximum absolute atomic E-state index is 13.1. The van der Waals surface area contributed by atoms with Crippen molar-refractivity contribution in [3.05, 3.63) is 54.1 Å². The monoisotopic (exact) mass is 400 g/mol. The normalized spacial score (nSPS) is 18.0. The molecular weight excluding hydrogens is 379 g/mol. The molecule has 1 amide bonds. The van der Waals surface area contributed by atoms with E-state index in [1.807, 2.05) is 55.5 Å². The van der Waals surface area contributed by atoms with Gasteiger partial charge in [-0.1, -0.05) is 43.3 Å². The maximum atomic E-state index is 13.1. The number of nitrogens with zero attached hydrogens (tertiary/aromatic N) is 2. The molecule has 5 nitrogen and oxygen atoms in total. The zero-order chi connectivity index (χ0) is 19.0. The number of benzene rings is 2. The van der Waals surface area contributed by atoms with Gasteiger partial charge in [0.2, 0.25) is 5.91 Å². The summed E-state index contributed by atoms with van der Waals surface area (Å²) in [5.74, 6) is -0.217. The minimum absolute atomic E-state index is 0.217. The van der Waals surface area contributed by atoms with Crippen molar-refractivity contribution in [3.63, 3.8) is 0 Å². The van der Waals surface area contributed by atoms with E-state index in [9.17, 15) is 14.3 Å². The van der Waals surface area contributed by atoms with Gasteiger partial charge in [0.25, 0.3) is 0 Å². The topological polar surface area (TPSA) is 70.5 Å². The van der Waals surface area contributed by atoms with Crippen LogP contribution in [0.1, 0.15) is 37.4 Å². The average molecular weight is 400 g/mol. The number of carbonyl (C=O) groups excluding carboxylic acids is 1. The van der Waals surface area contributed by atoms with Gasteiger partial charge in [-0.3, -0.25) is 14.0 Å². The second-order valence-electron chi connectivity index (χ2n) is 6.74. The summed E-state index contributed by atoms with van der Waals surface area (Å²) < 4.78 is 15.4. The third-order valence-corrected chi connectivity index (χ3v) is 8.70. The number of fused-ring (bicyclic) bond motifs is 1. The molecule has 4 rings (SSSR count). The highest BCUT2D eigenvalue weighted by atomic mass is 32.1. The molecule has 0 aliphatic carbocycles. The minimum atomic E-state index is -3.77. The molecule has 1 aliphatic heterocycles. The Bertz CT molecular complexity index is 998. The van der Waals surface area contributed by atoms with E-state index in [-0.39, 0.29) is 5.91 Å². The second kappa shape index (κ2) is 7.19. The van der Waals surface area contributed by atoms with Crippen molar-refractivity contribution in [2.75, 3.05) is 6.54 Å². The van der Waals surface area contributed by atoms with Crippen molar-refractivity contribution in [2.45, 2.75) is 31.8 Å². The van der Waals surface area contributed by atoms with Gasteiger partial charge in [0.15, 0.2) is 0 Å². The van der Waals surface area contributed by atoms with Gasteiger partial charge in [-0.2, -0.15) is 0 Å². The molecule has 3 aromatic rings. The smallest absolute Gasteiger partial charge is 0.303 e. The summed E-state index contributed by atoms with van der Waals surface area (Å²) in [6, 6.07) is 15.7. The van der Waals surface area contributed by atoms with Crippen molar-refractivity contribution in [2.24, 2.45) is 0 Å². The Morgan fingerprint density at radius 1 is 1.22 bits per heavy atom. The van der Waals surface area contributed by atoms with Crippen LogP contribution in [0.2, 0.25) is 0 Å². The summed E-state index contributed by atoms with van der Waals surface area (Å²) in [5.41, 5.74) is 2.18. The Morgan fingerprint density at radius 2 is 1.96 bits per heavy atom. The van der Waals surface area contributed by atoms with Gasteiger partial charge in [0.1, 0.15) is 5.01 Å². The van der Waals surface area contributed by atoms with E-state index in [0.29, 0.717) is 25.8 Å². The molecule has 0 spiro atoms. The van der Waals surface area contributed by atoms with Gasteiger partial charge < -0.3 is 4.89 Å². The predicted octanol–water partition coefficient (Wildman–Crippen LogP) is 5.22. The molecule has 7 heteroatoms. The SMILES string of the molecule is CCC(c1ccc(-c2nc3ccccc3s2)cc1)P(=O)(O)N1CCCC1=O. The Balaban J connectivity index is 1.63. The lowest BCUT2D eigenvalue weighted by Gasteiger charge is -2.29. The number of rotatable bonds is 5. The Labute approximate surface area is 162 Å². The summed E-state index contributed by atoms with van der Waals surface area (Å²) in [6.45, 7) is 2.25. The summed E-state index contributed by atoms with van der Waals surface area (Å²) in [4.78, 5) is 27.4. The first-order valence-electron chi connectivity index (χ1n) is 9.10. The molecule has 1 fully saturated rings. The molecule has 1 saturated heterocycles. The molecule has 0 bridgehead atoms. The van der Waals surface area contributed by atoms with Gasteiger partial charge >= 0.3 is 7.52 Å². The lowest BCUT2D eigenvalue weighted by atomic mass is 10.1. The third-order valence-electron chi connectivity index (χ3n) is 5.02. The van der Waals surface area contributed by atoms with Crippen molar-refractivity contribution in [3.8, 4) is 10.6 Å². The number of hydrogen-bond donors (Lipinski definition) is 1. The number of carbonyl (C=O) groups is 1. The Morgan fingerprint density at radius 3 is 2.59 bits per heavy atom. The summed E-state index contributed by atoms with van der Waals surface area (Å²) >= 11 is 1.63. The van der Waals surface area contributed by atoms with Crippen molar-refractivity contribution < 1.29 is 14.3 Å². The molecule has 2 unspecified atom stereocenters. The molecular formula is C20H21N2O3PS. The molecule has 1 aromatic heterocycles. The molecule has 2 heterocycles. The van der Waals surface area contributed by atoms with Crippen LogP contribution in [-0.2, 0) is 9.36 Å². The minimum Gasteiger partial charge on any atom is -0.329 e. The van der Waals surface area contributed by atoms with Crippen LogP contribution in [0.5, 0.6) is 0 Å². The van der Waals surface area contributed by atoms with E-state index in [1.165, 1.54) is 4.67 Å². The predicted molar refractivity (Wildman–Crippen MR) is 109 cm³/mol. The molecule has 27 heavy (non-hydrogen) atoms. The highest BCUT2D eigenvalue weighted by Crippen LogP contribution is 2.61. The first-order chi connectivity index (χ1) is 13.0. The number of para-hydroxylation sites is 1. The molecule has 1 N–H and O–H groups in total. The quantitative estimate of drug-likeness (QED) is 0.596. The third kappa shape index (κ3) is 3.33. The molecule has 2 aromatic carbocycles. The van der Waals surface area contributed by atoms with E-state index in [2.05, 4.69) is 4.98 Å². The lowest BCUT2D eigenvalue weighted by Crippen LogP contribution is -2.24. The standard InChI is InChI=1S/C20H21N2O3PS/c1-2-17(26(24,25)22-13-5-8-19(22)23)14-9-11-15(12-10-14)20-21-16-6-3-4-7-18(16)27-20/h3-4,6-7,9-12,17H,2,5,8,13H2,1H3,(H,24,25). The maximum Gasteiger partial charge on any atom is 0.303 e. The summed E-state index contributed by atoms with van der Waals surface area (Å²) in [7, 11) is -3.77. The van der Waals surface area contributed by atoms with Crippen molar-refractivity contribution >= 4 is 35.0 Å². The van der Waals surface area contributed by atoms with Gasteiger partial charge in [-0.15, -0.1) is 11.3 Å². The van der Waals surface area contributed by atoms with Gasteiger partial charge in [-0.05, 0) is 30.5 Å². The molecule has 1 aliphatic rings. The van der Waals surface area contributed by atoms with Crippen LogP contribution in [0.4, 0.5) is 0 Å². The fourth-order valence-electron chi connectivity index (χ4n) is 3.62. The Hall–Kier alpha value is -2.01. The van der Waals surface area contributed by atoms with Crippen LogP contribution in [0.3, 0.4) is 0 Å². The zero-order valence-corrected chi connectivity index (χ0v) is 16.7. The van der Waals surface area contributed by atoms with Crippen molar-refractivity contribution in [1.82, 2.24) is 9.65 Å². The first-order valence-corrected chi connectivity index (χ1v) is 11.6. The van der Waals surface area contributed by atoms with E-state index < -0.39 is 13.2 Å². The van der Waals surface area contributed by atoms with Crippen LogP contribution in [0.15, 0.2) is 48.5 Å². The second-order valence-corrected chi connectivity index (χ2v) is 10.1. The van der Waals surface area contributed by atoms with E-state index in [1.54, 1.807) is 11.3 Å². The fourth-order valence-corrected chi connectivity index (χ4v) is 6.81. The lowest BCUT2D eigenvalue weighted by molar-refractivity contribution is -0.124. The molecule has 2 atom stereocenters. The number of amides is 1. The summed E-state index contributed by atoms with van der Waals surface area (Å²) in [6.07, 6.45) is 1.51. The highest BCUT2D eigenvalue weighted by molar-refractivity contribution is 7.56. The zero-order valence-electron chi connectivity index (χ0n) is 15.0.